The van der Waals surface area contributed by atoms with Crippen LogP contribution in [-0.2, 0) is 16.0 Å². The number of amides is 2. The molecule has 2 aliphatic rings. The Morgan fingerprint density at radius 2 is 1.86 bits per heavy atom. The van der Waals surface area contributed by atoms with Crippen molar-refractivity contribution < 1.29 is 9.59 Å². The molecule has 1 heterocycles. The molecule has 1 saturated carbocycles. The number of carbonyl (C=O) groups excluding carboxylic acids is 2. The lowest BCUT2D eigenvalue weighted by molar-refractivity contribution is -0.128. The third kappa shape index (κ3) is 6.19. The van der Waals surface area contributed by atoms with Crippen molar-refractivity contribution in [2.24, 2.45) is 4.99 Å². The number of hydrazine groups is 2. The maximum absolute atomic E-state index is 12.2. The molecule has 5 N–H and O–H groups in total. The molecule has 0 radical (unpaired) electrons. The molecule has 0 aromatic heterocycles. The van der Waals surface area contributed by atoms with Crippen LogP contribution < -0.4 is 27.0 Å². The van der Waals surface area contributed by atoms with Crippen molar-refractivity contribution in [3.8, 4) is 0 Å². The van der Waals surface area contributed by atoms with E-state index in [0.717, 1.165) is 18.4 Å². The average Bonchev–Trinajstić information content (AvgIpc) is 2.70. The lowest BCUT2D eigenvalue weighted by atomic mass is 9.96. The summed E-state index contributed by atoms with van der Waals surface area (Å²) in [6.07, 6.45) is 6.31. The molecule has 1 aliphatic heterocycles. The van der Waals surface area contributed by atoms with Gasteiger partial charge in [-0.1, -0.05) is 49.6 Å². The maximum Gasteiger partial charge on any atom is 0.263 e. The molecule has 28 heavy (non-hydrogen) atoms. The van der Waals surface area contributed by atoms with E-state index in [1.807, 2.05) is 30.3 Å². The lowest BCUT2D eigenvalue weighted by Gasteiger charge is -2.25. The van der Waals surface area contributed by atoms with E-state index in [9.17, 15) is 9.59 Å². The second kappa shape index (κ2) is 10.0. The predicted octanol–water partition coefficient (Wildman–Crippen LogP) is 0.849. The van der Waals surface area contributed by atoms with Gasteiger partial charge in [-0.3, -0.25) is 36.3 Å². The van der Waals surface area contributed by atoms with Crippen molar-refractivity contribution in [3.05, 3.63) is 35.9 Å². The molecule has 2 amide bonds. The Kier molecular flexibility index (Phi) is 7.18. The van der Waals surface area contributed by atoms with Gasteiger partial charge in [0.1, 0.15) is 11.9 Å². The van der Waals surface area contributed by atoms with Gasteiger partial charge < -0.3 is 5.32 Å². The molecule has 1 aromatic rings. The molecule has 3 rings (SSSR count). The van der Waals surface area contributed by atoms with E-state index in [2.05, 4.69) is 32.0 Å². The number of hydrogen-bond donors (Lipinski definition) is 5. The first kappa shape index (κ1) is 20.1. The standard InChI is InChI=1S/C19H26N6O2S/c26-17(23-25-19(28)20-14-9-5-2-6-10-14)12-15-18(27)24-22-16(21-15)11-13-7-3-1-4-8-13/h1,3-4,7-8,14-15H,2,5-6,9-12H2,(H,21,22)(H,23,26)(H,24,27)(H2,20,25,28). The number of nitrogens with zero attached hydrogens (tertiary/aromatic N) is 1. The van der Waals surface area contributed by atoms with Gasteiger partial charge in [-0.25, -0.2) is 0 Å². The zero-order valence-corrected chi connectivity index (χ0v) is 16.5. The Morgan fingerprint density at radius 1 is 1.11 bits per heavy atom. The predicted molar refractivity (Wildman–Crippen MR) is 111 cm³/mol. The van der Waals surface area contributed by atoms with Gasteiger partial charge >= 0.3 is 0 Å². The Labute approximate surface area is 169 Å². The number of nitrogens with one attached hydrogen (secondary N) is 5. The first-order valence-corrected chi connectivity index (χ1v) is 10.0. The van der Waals surface area contributed by atoms with Crippen molar-refractivity contribution in [1.82, 2.24) is 27.0 Å². The topological polar surface area (TPSA) is 107 Å². The maximum atomic E-state index is 12.2. The van der Waals surface area contributed by atoms with Gasteiger partial charge in [0.2, 0.25) is 5.91 Å². The van der Waals surface area contributed by atoms with Crippen molar-refractivity contribution in [3.63, 3.8) is 0 Å². The largest absolute Gasteiger partial charge is 0.359 e. The zero-order valence-electron chi connectivity index (χ0n) is 15.7. The second-order valence-electron chi connectivity index (χ2n) is 7.05. The highest BCUT2D eigenvalue weighted by atomic mass is 32.1. The minimum atomic E-state index is -0.776. The second-order valence-corrected chi connectivity index (χ2v) is 7.46. The van der Waals surface area contributed by atoms with E-state index in [1.165, 1.54) is 19.3 Å². The van der Waals surface area contributed by atoms with Gasteiger partial charge in [0.05, 0.1) is 6.42 Å². The molecular weight excluding hydrogens is 376 g/mol. The van der Waals surface area contributed by atoms with E-state index in [4.69, 9.17) is 12.2 Å². The van der Waals surface area contributed by atoms with Gasteiger partial charge in [0.15, 0.2) is 5.11 Å². The molecule has 0 spiro atoms. The fraction of sp³-hybridized carbons (Fsp3) is 0.474. The van der Waals surface area contributed by atoms with Gasteiger partial charge in [0, 0.05) is 12.5 Å². The Morgan fingerprint density at radius 3 is 2.61 bits per heavy atom. The minimum absolute atomic E-state index is 0.0646. The SMILES string of the molecule is O=C(CC1N=C(Cc2ccccc2)NNC1=O)NNC(=S)NC1CCCCC1. The highest BCUT2D eigenvalue weighted by Crippen LogP contribution is 2.17. The number of aliphatic imine (C=N–C) groups is 1. The van der Waals surface area contributed by atoms with E-state index >= 15 is 0 Å². The first-order chi connectivity index (χ1) is 13.6. The Hall–Kier alpha value is -2.68. The molecule has 1 fully saturated rings. The van der Waals surface area contributed by atoms with Crippen LogP contribution in [0.25, 0.3) is 0 Å². The number of hydrogen-bond acceptors (Lipinski definition) is 5. The number of thiocarbonyl (C=S) groups is 1. The van der Waals surface area contributed by atoms with Crippen LogP contribution in [0.4, 0.5) is 0 Å². The summed E-state index contributed by atoms with van der Waals surface area (Å²) < 4.78 is 0. The first-order valence-electron chi connectivity index (χ1n) is 9.62. The van der Waals surface area contributed by atoms with Crippen LogP contribution in [0.3, 0.4) is 0 Å². The summed E-state index contributed by atoms with van der Waals surface area (Å²) >= 11 is 5.22. The molecule has 8 nitrogen and oxygen atoms in total. The van der Waals surface area contributed by atoms with Crippen LogP contribution in [0.5, 0.6) is 0 Å². The van der Waals surface area contributed by atoms with Crippen molar-refractivity contribution in [2.45, 2.75) is 57.0 Å². The molecule has 1 aromatic carbocycles. The van der Waals surface area contributed by atoms with Crippen molar-refractivity contribution in [1.29, 1.82) is 0 Å². The summed E-state index contributed by atoms with van der Waals surface area (Å²) in [6, 6.07) is 9.36. The Balaban J connectivity index is 1.45. The highest BCUT2D eigenvalue weighted by Gasteiger charge is 2.26. The highest BCUT2D eigenvalue weighted by molar-refractivity contribution is 7.80. The molecule has 0 bridgehead atoms. The summed E-state index contributed by atoms with van der Waals surface area (Å²) in [5, 5.41) is 3.60. The quantitative estimate of drug-likeness (QED) is 0.369. The number of benzene rings is 1. The summed E-state index contributed by atoms with van der Waals surface area (Å²) in [7, 11) is 0. The molecule has 1 unspecified atom stereocenters. The van der Waals surface area contributed by atoms with Crippen LogP contribution in [0, 0.1) is 0 Å². The van der Waals surface area contributed by atoms with Gasteiger partial charge in [0.25, 0.3) is 5.91 Å². The number of rotatable bonds is 5. The fourth-order valence-corrected chi connectivity index (χ4v) is 3.55. The van der Waals surface area contributed by atoms with Crippen LogP contribution in [-0.4, -0.2) is 34.8 Å². The monoisotopic (exact) mass is 402 g/mol. The van der Waals surface area contributed by atoms with E-state index in [0.29, 0.717) is 23.4 Å². The van der Waals surface area contributed by atoms with Crippen LogP contribution >= 0.6 is 12.2 Å². The fourth-order valence-electron chi connectivity index (χ4n) is 3.33. The molecule has 0 saturated heterocycles. The summed E-state index contributed by atoms with van der Waals surface area (Å²) in [5.74, 6) is -0.0708. The number of amidine groups is 1. The van der Waals surface area contributed by atoms with E-state index < -0.39 is 6.04 Å². The molecule has 9 heteroatoms. The number of carbonyl (C=O) groups is 2. The van der Waals surface area contributed by atoms with E-state index in [-0.39, 0.29) is 18.2 Å². The summed E-state index contributed by atoms with van der Waals surface area (Å²) in [6.45, 7) is 0. The lowest BCUT2D eigenvalue weighted by Crippen LogP contribution is -2.54. The van der Waals surface area contributed by atoms with Gasteiger partial charge in [-0.2, -0.15) is 0 Å². The zero-order chi connectivity index (χ0) is 19.8. The van der Waals surface area contributed by atoms with Crippen LogP contribution in [0.2, 0.25) is 0 Å². The molecule has 150 valence electrons. The van der Waals surface area contributed by atoms with Crippen molar-refractivity contribution >= 4 is 35.0 Å². The van der Waals surface area contributed by atoms with Crippen LogP contribution in [0.1, 0.15) is 44.1 Å². The normalized spacial score (nSPS) is 19.6. The molecular formula is C19H26N6O2S. The van der Waals surface area contributed by atoms with Gasteiger partial charge in [-0.15, -0.1) is 0 Å². The van der Waals surface area contributed by atoms with Crippen LogP contribution in [0.15, 0.2) is 35.3 Å². The van der Waals surface area contributed by atoms with Gasteiger partial charge in [-0.05, 0) is 30.6 Å². The molecule has 1 atom stereocenters. The Bertz CT molecular complexity index is 733. The third-order valence-electron chi connectivity index (χ3n) is 4.79. The smallest absolute Gasteiger partial charge is 0.263 e. The third-order valence-corrected chi connectivity index (χ3v) is 5.01. The minimum Gasteiger partial charge on any atom is -0.359 e. The molecule has 1 aliphatic carbocycles. The summed E-state index contributed by atoms with van der Waals surface area (Å²) in [5.41, 5.74) is 11.7. The van der Waals surface area contributed by atoms with Crippen molar-refractivity contribution in [2.75, 3.05) is 0 Å². The average molecular weight is 403 g/mol. The summed E-state index contributed by atoms with van der Waals surface area (Å²) in [4.78, 5) is 28.6. The van der Waals surface area contributed by atoms with E-state index in [1.54, 1.807) is 0 Å².